The van der Waals surface area contributed by atoms with E-state index in [4.69, 9.17) is 5.73 Å². The number of hydrogen-bond donors (Lipinski definition) is 1. The summed E-state index contributed by atoms with van der Waals surface area (Å²) in [6, 6.07) is 6.49. The van der Waals surface area contributed by atoms with Gasteiger partial charge in [0.1, 0.15) is 17.3 Å². The summed E-state index contributed by atoms with van der Waals surface area (Å²) < 4.78 is 38.1. The number of allylic oxidation sites excluding steroid dienone is 9. The molecule has 0 unspecified atom stereocenters. The molecule has 1 aromatic carbocycles. The fourth-order valence-corrected chi connectivity index (χ4v) is 4.60. The van der Waals surface area contributed by atoms with Gasteiger partial charge in [0.05, 0.1) is 0 Å². The SMILES string of the molecule is C=C(C)c1cnc(C(/C=C(\C)N)=C/C=C(C)C)c(F)c1.C=C1C(C)=C(C)N2CC(C)(C)C=C2N1CC.CCC.Fc1ccccc1F. The van der Waals surface area contributed by atoms with Crippen molar-refractivity contribution in [1.29, 1.82) is 0 Å². The molecule has 0 fully saturated rings. The van der Waals surface area contributed by atoms with E-state index >= 15 is 0 Å². The van der Waals surface area contributed by atoms with Crippen molar-refractivity contribution in [3.63, 3.8) is 0 Å². The molecule has 0 atom stereocenters. The van der Waals surface area contributed by atoms with Crippen molar-refractivity contribution in [3.8, 4) is 0 Å². The molecular formula is C40H55F3N4. The van der Waals surface area contributed by atoms with E-state index < -0.39 is 11.6 Å². The third-order valence-corrected chi connectivity index (χ3v) is 7.07. The van der Waals surface area contributed by atoms with E-state index in [2.05, 4.69) is 82.5 Å². The average molecular weight is 649 g/mol. The van der Waals surface area contributed by atoms with Crippen LogP contribution >= 0.6 is 0 Å². The predicted molar refractivity (Wildman–Crippen MR) is 195 cm³/mol. The minimum absolute atomic E-state index is 0.259. The number of aromatic nitrogens is 1. The molecule has 2 aliphatic heterocycles. The summed E-state index contributed by atoms with van der Waals surface area (Å²) in [6.07, 6.45) is 10.7. The molecule has 1 aromatic heterocycles. The number of nitrogens with zero attached hydrogens (tertiary/aromatic N) is 3. The Bertz CT molecular complexity index is 1530. The highest BCUT2D eigenvalue weighted by Crippen LogP contribution is 2.41. The number of nitrogens with two attached hydrogens (primary N) is 1. The van der Waals surface area contributed by atoms with Gasteiger partial charge in [-0.2, -0.15) is 0 Å². The Labute approximate surface area is 282 Å². The Kier molecular flexibility index (Phi) is 16.3. The standard InChI is InChI=1S/C17H21FN2.C14H22N2.C6H4F2.C3H8/c1-11(2)6-7-14(8-13(5)19)17-16(18)9-15(10-20-17)12(3)4;1-7-15-11(3)10(2)12(4)16-9-14(5,6)8-13(15)16;7-5-3-1-2-4-6(5)8;1-3-2/h6-10H,3,19H2,1-2,4-5H3;8H,3,7,9H2,1-2,4-6H3;1-4H;3H2,1-2H3/b13-8+,14-7+;;;. The second-order valence-corrected chi connectivity index (χ2v) is 12.7. The first-order valence-corrected chi connectivity index (χ1v) is 16.1. The second kappa shape index (κ2) is 18.8. The van der Waals surface area contributed by atoms with E-state index in [0.29, 0.717) is 16.8 Å². The molecule has 0 radical (unpaired) electrons. The molecule has 7 heteroatoms. The molecule has 0 aliphatic carbocycles. The van der Waals surface area contributed by atoms with Crippen LogP contribution in [0.4, 0.5) is 13.2 Å². The molecule has 4 nitrogen and oxygen atoms in total. The maximum absolute atomic E-state index is 14.2. The monoisotopic (exact) mass is 648 g/mol. The molecule has 3 heterocycles. The first-order chi connectivity index (χ1) is 21.9. The third kappa shape index (κ3) is 12.5. The summed E-state index contributed by atoms with van der Waals surface area (Å²) in [5.74, 6) is -0.656. The Hall–Kier alpha value is -4.26. The molecule has 0 amide bonds. The fourth-order valence-electron chi connectivity index (χ4n) is 4.60. The zero-order valence-electron chi connectivity index (χ0n) is 30.4. The van der Waals surface area contributed by atoms with Gasteiger partial charge in [-0.05, 0) is 95.5 Å². The Morgan fingerprint density at radius 1 is 0.979 bits per heavy atom. The van der Waals surface area contributed by atoms with Gasteiger partial charge in [-0.3, -0.25) is 4.98 Å². The minimum Gasteiger partial charge on any atom is -0.402 e. The Morgan fingerprint density at radius 2 is 1.53 bits per heavy atom. The molecule has 4 rings (SSSR count). The summed E-state index contributed by atoms with van der Waals surface area (Å²) in [7, 11) is 0. The highest BCUT2D eigenvalue weighted by atomic mass is 19.2. The van der Waals surface area contributed by atoms with Crippen LogP contribution in [0.2, 0.25) is 0 Å². The van der Waals surface area contributed by atoms with Crippen LogP contribution in [0, 0.1) is 22.9 Å². The summed E-state index contributed by atoms with van der Waals surface area (Å²) in [6.45, 7) is 33.0. The molecule has 0 saturated heterocycles. The number of likely N-dealkylation sites (N-methyl/N-ethyl adjacent to an activating group) is 1. The minimum atomic E-state index is -0.799. The van der Waals surface area contributed by atoms with Gasteiger partial charge in [-0.1, -0.05) is 77.1 Å². The summed E-state index contributed by atoms with van der Waals surface area (Å²) in [5, 5.41) is 0. The van der Waals surface area contributed by atoms with Gasteiger partial charge in [0.2, 0.25) is 0 Å². The number of hydrogen-bond acceptors (Lipinski definition) is 4. The summed E-state index contributed by atoms with van der Waals surface area (Å²) in [5.41, 5.74) is 13.9. The molecular weight excluding hydrogens is 593 g/mol. The maximum Gasteiger partial charge on any atom is 0.158 e. The number of benzene rings is 1. The first-order valence-electron chi connectivity index (χ1n) is 16.1. The van der Waals surface area contributed by atoms with E-state index in [1.165, 1.54) is 41.7 Å². The van der Waals surface area contributed by atoms with E-state index in [-0.39, 0.29) is 16.9 Å². The van der Waals surface area contributed by atoms with Gasteiger partial charge in [-0.25, -0.2) is 13.2 Å². The highest BCUT2D eigenvalue weighted by Gasteiger charge is 2.37. The lowest BCUT2D eigenvalue weighted by Gasteiger charge is -2.40. The number of halogens is 3. The molecule has 47 heavy (non-hydrogen) atoms. The van der Waals surface area contributed by atoms with Gasteiger partial charge in [0, 0.05) is 47.4 Å². The van der Waals surface area contributed by atoms with Crippen LogP contribution in [0.15, 0.2) is 108 Å². The van der Waals surface area contributed by atoms with Gasteiger partial charge in [-0.15, -0.1) is 0 Å². The van der Waals surface area contributed by atoms with Gasteiger partial charge in [0.25, 0.3) is 0 Å². The van der Waals surface area contributed by atoms with E-state index in [1.807, 2.05) is 32.9 Å². The Morgan fingerprint density at radius 3 is 1.96 bits per heavy atom. The normalized spacial score (nSPS) is 15.3. The van der Waals surface area contributed by atoms with Gasteiger partial charge in [0.15, 0.2) is 11.6 Å². The van der Waals surface area contributed by atoms with Gasteiger partial charge < -0.3 is 15.5 Å². The van der Waals surface area contributed by atoms with Crippen molar-refractivity contribution in [1.82, 2.24) is 14.8 Å². The molecule has 0 saturated carbocycles. The van der Waals surface area contributed by atoms with E-state index in [0.717, 1.165) is 42.1 Å². The molecule has 2 N–H and O–H groups in total. The van der Waals surface area contributed by atoms with Crippen LogP contribution in [0.3, 0.4) is 0 Å². The van der Waals surface area contributed by atoms with Crippen molar-refractivity contribution in [2.75, 3.05) is 13.1 Å². The van der Waals surface area contributed by atoms with Crippen molar-refractivity contribution >= 4 is 11.1 Å². The summed E-state index contributed by atoms with van der Waals surface area (Å²) >= 11 is 0. The maximum atomic E-state index is 14.2. The van der Waals surface area contributed by atoms with Crippen LogP contribution in [-0.4, -0.2) is 27.9 Å². The third-order valence-electron chi connectivity index (χ3n) is 7.07. The lowest BCUT2D eigenvalue weighted by atomic mass is 9.96. The van der Waals surface area contributed by atoms with Crippen molar-refractivity contribution in [3.05, 3.63) is 137 Å². The van der Waals surface area contributed by atoms with Crippen LogP contribution in [0.1, 0.15) is 93.8 Å². The lowest BCUT2D eigenvalue weighted by Crippen LogP contribution is -2.37. The van der Waals surface area contributed by atoms with Gasteiger partial charge >= 0.3 is 0 Å². The largest absolute Gasteiger partial charge is 0.402 e. The zero-order chi connectivity index (χ0) is 36.1. The van der Waals surface area contributed by atoms with Crippen LogP contribution < -0.4 is 5.73 Å². The number of rotatable bonds is 5. The van der Waals surface area contributed by atoms with Crippen LogP contribution in [0.25, 0.3) is 11.1 Å². The predicted octanol–water partition coefficient (Wildman–Crippen LogP) is 11.2. The molecule has 0 bridgehead atoms. The average Bonchev–Trinajstić information content (AvgIpc) is 3.31. The molecule has 0 spiro atoms. The summed E-state index contributed by atoms with van der Waals surface area (Å²) in [4.78, 5) is 8.94. The molecule has 2 aliphatic rings. The second-order valence-electron chi connectivity index (χ2n) is 12.7. The topological polar surface area (TPSA) is 45.4 Å². The van der Waals surface area contributed by atoms with Crippen molar-refractivity contribution < 1.29 is 13.2 Å². The number of fused-ring (bicyclic) bond motifs is 1. The van der Waals surface area contributed by atoms with E-state index in [9.17, 15) is 13.2 Å². The zero-order valence-corrected chi connectivity index (χ0v) is 30.4. The quantitative estimate of drug-likeness (QED) is 0.328. The lowest BCUT2D eigenvalue weighted by molar-refractivity contribution is 0.267. The first kappa shape index (κ1) is 40.8. The van der Waals surface area contributed by atoms with E-state index in [1.54, 1.807) is 19.2 Å². The Balaban J connectivity index is 0.000000362. The van der Waals surface area contributed by atoms with Crippen LogP contribution in [0.5, 0.6) is 0 Å². The van der Waals surface area contributed by atoms with Crippen molar-refractivity contribution in [2.45, 2.75) is 82.6 Å². The molecule has 2 aromatic rings. The molecule has 256 valence electrons. The van der Waals surface area contributed by atoms with Crippen molar-refractivity contribution in [2.24, 2.45) is 11.1 Å². The highest BCUT2D eigenvalue weighted by molar-refractivity contribution is 5.75. The van der Waals surface area contributed by atoms with Crippen LogP contribution in [-0.2, 0) is 0 Å². The smallest absolute Gasteiger partial charge is 0.158 e. The number of pyridine rings is 1. The fraction of sp³-hybridized carbons (Fsp3) is 0.375.